The maximum absolute atomic E-state index is 11.9. The van der Waals surface area contributed by atoms with E-state index in [-0.39, 0.29) is 11.8 Å². The van der Waals surface area contributed by atoms with Gasteiger partial charge in [-0.1, -0.05) is 25.6 Å². The highest BCUT2D eigenvalue weighted by molar-refractivity contribution is 8.13. The maximum Gasteiger partial charge on any atom is 0.389 e. The Hall–Kier alpha value is -0.390. The summed E-state index contributed by atoms with van der Waals surface area (Å²) in [7, 11) is 0. The topological polar surface area (TPSA) is 24.4 Å². The Bertz CT molecular complexity index is 261. The van der Waals surface area contributed by atoms with E-state index in [2.05, 4.69) is 24.2 Å². The van der Waals surface area contributed by atoms with Gasteiger partial charge in [-0.25, -0.2) is 0 Å². The van der Waals surface area contributed by atoms with E-state index in [1.807, 2.05) is 0 Å². The molecule has 0 aromatic rings. The highest BCUT2D eigenvalue weighted by Crippen LogP contribution is 2.27. The molecule has 0 fully saturated rings. The molecule has 0 aliphatic carbocycles. The largest absolute Gasteiger partial charge is 0.389 e. The molecule has 0 saturated carbocycles. The van der Waals surface area contributed by atoms with Crippen LogP contribution in [-0.4, -0.2) is 30.2 Å². The van der Waals surface area contributed by atoms with Gasteiger partial charge < -0.3 is 5.32 Å². The summed E-state index contributed by atoms with van der Waals surface area (Å²) in [5.41, 5.74) is 0.196. The smallest absolute Gasteiger partial charge is 0.365 e. The quantitative estimate of drug-likeness (QED) is 0.783. The van der Waals surface area contributed by atoms with E-state index in [0.29, 0.717) is 6.54 Å². The Morgan fingerprint density at radius 3 is 2.62 bits per heavy atom. The van der Waals surface area contributed by atoms with Crippen LogP contribution in [0.3, 0.4) is 0 Å². The van der Waals surface area contributed by atoms with Crippen molar-refractivity contribution in [3.8, 4) is 0 Å². The van der Waals surface area contributed by atoms with Crippen LogP contribution in [0, 0.1) is 5.41 Å². The third-order valence-corrected chi connectivity index (χ3v) is 3.64. The fourth-order valence-corrected chi connectivity index (χ4v) is 2.21. The van der Waals surface area contributed by atoms with Gasteiger partial charge in [-0.3, -0.25) is 4.99 Å². The van der Waals surface area contributed by atoms with Gasteiger partial charge in [-0.05, 0) is 11.8 Å². The monoisotopic (exact) mass is 254 g/mol. The molecular formula is C10H17F3N2S. The fourth-order valence-electron chi connectivity index (χ4n) is 1.23. The summed E-state index contributed by atoms with van der Waals surface area (Å²) in [6, 6.07) is 0. The van der Waals surface area contributed by atoms with E-state index < -0.39 is 12.6 Å². The van der Waals surface area contributed by atoms with E-state index in [9.17, 15) is 13.2 Å². The minimum Gasteiger partial charge on any atom is -0.365 e. The van der Waals surface area contributed by atoms with E-state index >= 15 is 0 Å². The van der Waals surface area contributed by atoms with E-state index in [1.165, 1.54) is 0 Å². The second-order valence-corrected chi connectivity index (χ2v) is 5.68. The number of nitrogens with one attached hydrogen (secondary N) is 1. The lowest BCUT2D eigenvalue weighted by Crippen LogP contribution is -2.32. The Labute approximate surface area is 98.1 Å². The summed E-state index contributed by atoms with van der Waals surface area (Å²) in [6.07, 6.45) is -4.68. The Kier molecular flexibility index (Phi) is 4.52. The number of hydrogen-bond donors (Lipinski definition) is 1. The van der Waals surface area contributed by atoms with Crippen LogP contribution in [0.5, 0.6) is 0 Å². The molecule has 94 valence electrons. The molecule has 0 saturated heterocycles. The number of amidine groups is 1. The third-order valence-electron chi connectivity index (χ3n) is 2.16. The minimum absolute atomic E-state index is 0.104. The van der Waals surface area contributed by atoms with Gasteiger partial charge >= 0.3 is 6.18 Å². The minimum atomic E-state index is -4.05. The Morgan fingerprint density at radius 2 is 2.12 bits per heavy atom. The van der Waals surface area contributed by atoms with Crippen molar-refractivity contribution in [2.45, 2.75) is 32.9 Å². The van der Waals surface area contributed by atoms with Gasteiger partial charge in [-0.15, -0.1) is 0 Å². The van der Waals surface area contributed by atoms with Crippen molar-refractivity contribution < 1.29 is 13.2 Å². The number of alkyl halides is 3. The van der Waals surface area contributed by atoms with Crippen molar-refractivity contribution in [2.75, 3.05) is 18.8 Å². The normalized spacial score (nSPS) is 20.4. The molecule has 1 heterocycles. The highest BCUT2D eigenvalue weighted by atomic mass is 32.2. The van der Waals surface area contributed by atoms with Crippen molar-refractivity contribution >= 4 is 16.9 Å². The van der Waals surface area contributed by atoms with Gasteiger partial charge in [0.25, 0.3) is 0 Å². The van der Waals surface area contributed by atoms with Gasteiger partial charge in [0.2, 0.25) is 0 Å². The molecule has 16 heavy (non-hydrogen) atoms. The molecule has 1 rings (SSSR count). The molecule has 0 atom stereocenters. The zero-order chi connectivity index (χ0) is 12.2. The predicted octanol–water partition coefficient (Wildman–Crippen LogP) is 3.05. The first kappa shape index (κ1) is 13.7. The molecule has 6 heteroatoms. The van der Waals surface area contributed by atoms with Gasteiger partial charge in [0.15, 0.2) is 5.17 Å². The second-order valence-electron chi connectivity index (χ2n) is 4.72. The van der Waals surface area contributed by atoms with Crippen molar-refractivity contribution in [1.29, 1.82) is 0 Å². The molecule has 0 unspecified atom stereocenters. The van der Waals surface area contributed by atoms with Gasteiger partial charge in [0, 0.05) is 25.3 Å². The number of aliphatic imine (C=N–C) groups is 1. The van der Waals surface area contributed by atoms with Crippen molar-refractivity contribution in [1.82, 2.24) is 5.32 Å². The van der Waals surface area contributed by atoms with E-state index in [4.69, 9.17) is 0 Å². The van der Waals surface area contributed by atoms with E-state index in [1.54, 1.807) is 11.8 Å². The molecular weight excluding hydrogens is 237 g/mol. The zero-order valence-electron chi connectivity index (χ0n) is 9.52. The average molecular weight is 254 g/mol. The summed E-state index contributed by atoms with van der Waals surface area (Å²) >= 11 is 1.59. The van der Waals surface area contributed by atoms with Gasteiger partial charge in [0.1, 0.15) is 0 Å². The molecule has 0 amide bonds. The molecule has 0 bridgehead atoms. The summed E-state index contributed by atoms with van der Waals surface area (Å²) in [5, 5.41) is 3.72. The molecule has 1 aliphatic heterocycles. The van der Waals surface area contributed by atoms with Crippen LogP contribution in [0.25, 0.3) is 0 Å². The van der Waals surface area contributed by atoms with Crippen LogP contribution in [0.1, 0.15) is 26.7 Å². The lowest BCUT2D eigenvalue weighted by atomic mass is 9.97. The number of hydrogen-bond acceptors (Lipinski definition) is 3. The van der Waals surface area contributed by atoms with Gasteiger partial charge in [0.05, 0.1) is 0 Å². The number of rotatable bonds is 3. The van der Waals surface area contributed by atoms with Crippen LogP contribution >= 0.6 is 11.8 Å². The first-order valence-corrected chi connectivity index (χ1v) is 6.25. The van der Waals surface area contributed by atoms with E-state index in [0.717, 1.165) is 17.5 Å². The first-order valence-electron chi connectivity index (χ1n) is 5.26. The first-order chi connectivity index (χ1) is 7.29. The lowest BCUT2D eigenvalue weighted by Gasteiger charge is -2.27. The van der Waals surface area contributed by atoms with Crippen LogP contribution in [0.2, 0.25) is 0 Å². The van der Waals surface area contributed by atoms with Crippen molar-refractivity contribution in [3.63, 3.8) is 0 Å². The molecule has 0 aromatic heterocycles. The summed E-state index contributed by atoms with van der Waals surface area (Å²) in [4.78, 5) is 4.30. The fraction of sp³-hybridized carbons (Fsp3) is 0.900. The lowest BCUT2D eigenvalue weighted by molar-refractivity contribution is -0.135. The molecule has 0 spiro atoms. The third kappa shape index (κ3) is 5.63. The summed E-state index contributed by atoms with van der Waals surface area (Å²) < 4.78 is 35.6. The van der Waals surface area contributed by atoms with Gasteiger partial charge in [-0.2, -0.15) is 13.2 Å². The number of halogens is 3. The number of nitrogens with zero attached hydrogens (tertiary/aromatic N) is 1. The second kappa shape index (κ2) is 5.29. The molecule has 2 nitrogen and oxygen atoms in total. The number of thioether (sulfide) groups is 1. The summed E-state index contributed by atoms with van der Waals surface area (Å²) in [5.74, 6) is 0.956. The SMILES string of the molecule is CC1(C)CN=C(NCCCC(F)(F)F)SC1. The van der Waals surface area contributed by atoms with Crippen LogP contribution < -0.4 is 5.32 Å². The molecule has 0 aromatic carbocycles. The Morgan fingerprint density at radius 1 is 1.44 bits per heavy atom. The van der Waals surface area contributed by atoms with Crippen LogP contribution in [0.15, 0.2) is 4.99 Å². The van der Waals surface area contributed by atoms with Crippen molar-refractivity contribution in [2.24, 2.45) is 10.4 Å². The van der Waals surface area contributed by atoms with Crippen LogP contribution in [-0.2, 0) is 0 Å². The predicted molar refractivity (Wildman–Crippen MR) is 61.8 cm³/mol. The molecule has 0 radical (unpaired) electrons. The standard InChI is InChI=1S/C10H17F3N2S/c1-9(2)6-15-8(16-7-9)14-5-3-4-10(11,12)13/h3-7H2,1-2H3,(H,14,15). The molecule has 1 N–H and O–H groups in total. The Balaban J connectivity index is 2.18. The average Bonchev–Trinajstić information content (AvgIpc) is 2.13. The van der Waals surface area contributed by atoms with Crippen molar-refractivity contribution in [3.05, 3.63) is 0 Å². The van der Waals surface area contributed by atoms with Crippen LogP contribution in [0.4, 0.5) is 13.2 Å². The maximum atomic E-state index is 11.9. The highest BCUT2D eigenvalue weighted by Gasteiger charge is 2.26. The summed E-state index contributed by atoms with van der Waals surface area (Å²) in [6.45, 7) is 5.33. The molecule has 1 aliphatic rings. The zero-order valence-corrected chi connectivity index (χ0v) is 10.3.